The molecule has 0 spiro atoms. The van der Waals surface area contributed by atoms with Crippen LogP contribution in [0.4, 0.5) is 23.1 Å². The molecule has 28 heavy (non-hydrogen) atoms. The van der Waals surface area contributed by atoms with E-state index in [0.29, 0.717) is 23.0 Å². The minimum absolute atomic E-state index is 0.400. The molecule has 2 aromatic carbocycles. The maximum Gasteiger partial charge on any atom is 0.337 e. The van der Waals surface area contributed by atoms with E-state index in [2.05, 4.69) is 20.6 Å². The zero-order chi connectivity index (χ0) is 20.1. The summed E-state index contributed by atoms with van der Waals surface area (Å²) in [7, 11) is 2.98. The molecule has 0 saturated carbocycles. The van der Waals surface area contributed by atoms with Crippen molar-refractivity contribution < 1.29 is 14.3 Å². The molecule has 0 atom stereocenters. The van der Waals surface area contributed by atoms with E-state index in [0.717, 1.165) is 22.7 Å². The molecule has 0 saturated heterocycles. The number of anilines is 4. The lowest BCUT2D eigenvalue weighted by Gasteiger charge is -2.13. The number of benzene rings is 2. The quantitative estimate of drug-likeness (QED) is 0.616. The van der Waals surface area contributed by atoms with Gasteiger partial charge in [0.05, 0.1) is 25.5 Å². The minimum Gasteiger partial charge on any atom is -0.495 e. The van der Waals surface area contributed by atoms with Crippen LogP contribution in [0.15, 0.2) is 48.5 Å². The van der Waals surface area contributed by atoms with Crippen LogP contribution in [0.25, 0.3) is 0 Å². The highest BCUT2D eigenvalue weighted by Crippen LogP contribution is 2.28. The highest BCUT2D eigenvalue weighted by atomic mass is 16.5. The van der Waals surface area contributed by atoms with E-state index in [9.17, 15) is 4.79 Å². The molecule has 0 radical (unpaired) electrons. The maximum atomic E-state index is 11.7. The smallest absolute Gasteiger partial charge is 0.337 e. The van der Waals surface area contributed by atoms with Crippen LogP contribution in [-0.2, 0) is 4.74 Å². The van der Waals surface area contributed by atoms with Gasteiger partial charge in [0.2, 0.25) is 5.95 Å². The topological polar surface area (TPSA) is 85.4 Å². The zero-order valence-electron chi connectivity index (χ0n) is 16.2. The van der Waals surface area contributed by atoms with E-state index < -0.39 is 5.97 Å². The van der Waals surface area contributed by atoms with Crippen molar-refractivity contribution in [3.63, 3.8) is 0 Å². The highest BCUT2D eigenvalue weighted by Gasteiger charge is 2.09. The Hall–Kier alpha value is -3.61. The summed E-state index contributed by atoms with van der Waals surface area (Å²) in [5, 5.41) is 6.41. The van der Waals surface area contributed by atoms with Crippen LogP contribution in [0.2, 0.25) is 0 Å². The summed E-state index contributed by atoms with van der Waals surface area (Å²) < 4.78 is 10.2. The largest absolute Gasteiger partial charge is 0.495 e. The fraction of sp³-hybridized carbons (Fsp3) is 0.190. The Morgan fingerprint density at radius 1 is 0.964 bits per heavy atom. The van der Waals surface area contributed by atoms with Gasteiger partial charge in [0.1, 0.15) is 11.6 Å². The van der Waals surface area contributed by atoms with Gasteiger partial charge in [-0.3, -0.25) is 0 Å². The molecule has 3 aromatic rings. The van der Waals surface area contributed by atoms with E-state index in [4.69, 9.17) is 9.47 Å². The van der Waals surface area contributed by atoms with Crippen LogP contribution in [-0.4, -0.2) is 30.2 Å². The zero-order valence-corrected chi connectivity index (χ0v) is 16.2. The normalized spacial score (nSPS) is 10.3. The fourth-order valence-corrected chi connectivity index (χ4v) is 2.72. The summed E-state index contributed by atoms with van der Waals surface area (Å²) in [6, 6.07) is 14.7. The van der Waals surface area contributed by atoms with E-state index in [1.54, 1.807) is 25.3 Å². The van der Waals surface area contributed by atoms with Crippen molar-refractivity contribution in [2.45, 2.75) is 13.8 Å². The number of ether oxygens (including phenoxy) is 2. The maximum absolute atomic E-state index is 11.7. The molecule has 1 heterocycles. The first-order valence-electron chi connectivity index (χ1n) is 8.71. The molecule has 0 amide bonds. The van der Waals surface area contributed by atoms with Gasteiger partial charge in [-0.05, 0) is 49.7 Å². The van der Waals surface area contributed by atoms with Gasteiger partial charge in [-0.25, -0.2) is 9.78 Å². The Bertz CT molecular complexity index is 1000. The summed E-state index contributed by atoms with van der Waals surface area (Å²) in [6.45, 7) is 3.90. The second kappa shape index (κ2) is 8.39. The van der Waals surface area contributed by atoms with Crippen LogP contribution in [0.3, 0.4) is 0 Å². The van der Waals surface area contributed by atoms with Crippen LogP contribution >= 0.6 is 0 Å². The van der Waals surface area contributed by atoms with E-state index in [1.807, 2.05) is 44.2 Å². The lowest BCUT2D eigenvalue weighted by molar-refractivity contribution is 0.0601. The predicted molar refractivity (Wildman–Crippen MR) is 109 cm³/mol. The number of rotatable bonds is 6. The third-order valence-corrected chi connectivity index (χ3v) is 4.01. The molecule has 0 unspecified atom stereocenters. The summed E-state index contributed by atoms with van der Waals surface area (Å²) in [5.41, 5.74) is 3.85. The third-order valence-electron chi connectivity index (χ3n) is 4.01. The van der Waals surface area contributed by atoms with Crippen molar-refractivity contribution in [1.29, 1.82) is 0 Å². The Balaban J connectivity index is 1.86. The van der Waals surface area contributed by atoms with Gasteiger partial charge in [-0.15, -0.1) is 0 Å². The average molecular weight is 378 g/mol. The summed E-state index contributed by atoms with van der Waals surface area (Å²) in [4.78, 5) is 20.6. The number of hydrogen-bond donors (Lipinski definition) is 2. The minimum atomic E-state index is -0.400. The van der Waals surface area contributed by atoms with Gasteiger partial charge in [0, 0.05) is 17.4 Å². The number of hydrogen-bond acceptors (Lipinski definition) is 7. The number of carbonyl (C=O) groups excluding carboxylic acids is 1. The van der Waals surface area contributed by atoms with Crippen molar-refractivity contribution in [2.24, 2.45) is 0 Å². The molecule has 0 aliphatic rings. The molecule has 7 nitrogen and oxygen atoms in total. The summed E-state index contributed by atoms with van der Waals surface area (Å²) >= 11 is 0. The van der Waals surface area contributed by atoms with E-state index in [-0.39, 0.29) is 0 Å². The standard InChI is InChI=1S/C21H22N4O3/c1-13-8-9-18(27-3)17(10-13)24-19-11-14(2)22-21(25-19)23-16-7-5-6-15(12-16)20(26)28-4/h5-12H,1-4H3,(H2,22,23,24,25). The molecule has 0 aliphatic carbocycles. The van der Waals surface area contributed by atoms with Gasteiger partial charge in [-0.1, -0.05) is 12.1 Å². The molecule has 0 aliphatic heterocycles. The molecular formula is C21H22N4O3. The van der Waals surface area contributed by atoms with Gasteiger partial charge in [0.25, 0.3) is 0 Å². The molecule has 3 rings (SSSR count). The van der Waals surface area contributed by atoms with Crippen LogP contribution < -0.4 is 15.4 Å². The monoisotopic (exact) mass is 378 g/mol. The van der Waals surface area contributed by atoms with Crippen LogP contribution in [0.1, 0.15) is 21.6 Å². The second-order valence-electron chi connectivity index (χ2n) is 6.24. The number of aromatic nitrogens is 2. The lowest BCUT2D eigenvalue weighted by Crippen LogP contribution is -2.05. The first kappa shape index (κ1) is 19.2. The van der Waals surface area contributed by atoms with Crippen molar-refractivity contribution in [2.75, 3.05) is 24.9 Å². The second-order valence-corrected chi connectivity index (χ2v) is 6.24. The Morgan fingerprint density at radius 2 is 1.79 bits per heavy atom. The molecule has 0 bridgehead atoms. The molecule has 2 N–H and O–H groups in total. The van der Waals surface area contributed by atoms with Crippen molar-refractivity contribution in [1.82, 2.24) is 9.97 Å². The van der Waals surface area contributed by atoms with Crippen LogP contribution in [0.5, 0.6) is 5.75 Å². The molecule has 7 heteroatoms. The molecule has 1 aromatic heterocycles. The van der Waals surface area contributed by atoms with E-state index in [1.165, 1.54) is 7.11 Å². The average Bonchev–Trinajstić information content (AvgIpc) is 2.67. The van der Waals surface area contributed by atoms with Crippen LogP contribution in [0, 0.1) is 13.8 Å². The van der Waals surface area contributed by atoms with Gasteiger partial charge in [-0.2, -0.15) is 4.98 Å². The number of nitrogens with one attached hydrogen (secondary N) is 2. The fourth-order valence-electron chi connectivity index (χ4n) is 2.72. The van der Waals surface area contributed by atoms with Crippen molar-refractivity contribution in [3.8, 4) is 5.75 Å². The van der Waals surface area contributed by atoms with Crippen molar-refractivity contribution in [3.05, 3.63) is 65.4 Å². The van der Waals surface area contributed by atoms with Gasteiger partial charge < -0.3 is 20.1 Å². The lowest BCUT2D eigenvalue weighted by atomic mass is 10.2. The van der Waals surface area contributed by atoms with E-state index >= 15 is 0 Å². The summed E-state index contributed by atoms with van der Waals surface area (Å²) in [5.74, 6) is 1.36. The number of aryl methyl sites for hydroxylation is 2. The number of nitrogens with zero attached hydrogens (tertiary/aromatic N) is 2. The third kappa shape index (κ3) is 4.56. The Morgan fingerprint density at radius 3 is 2.54 bits per heavy atom. The Labute approximate surface area is 163 Å². The SMILES string of the molecule is COC(=O)c1cccc(Nc2nc(C)cc(Nc3cc(C)ccc3OC)n2)c1. The Kier molecular flexibility index (Phi) is 5.74. The molecular weight excluding hydrogens is 356 g/mol. The van der Waals surface area contributed by atoms with Gasteiger partial charge >= 0.3 is 5.97 Å². The number of carbonyl (C=O) groups is 1. The first-order valence-corrected chi connectivity index (χ1v) is 8.71. The number of esters is 1. The highest BCUT2D eigenvalue weighted by molar-refractivity contribution is 5.90. The first-order chi connectivity index (χ1) is 13.5. The molecule has 0 fully saturated rings. The predicted octanol–water partition coefficient (Wildman–Crippen LogP) is 4.38. The van der Waals surface area contributed by atoms with Crippen molar-refractivity contribution >= 4 is 29.1 Å². The van der Waals surface area contributed by atoms with Gasteiger partial charge in [0.15, 0.2) is 0 Å². The molecule has 144 valence electrons. The summed E-state index contributed by atoms with van der Waals surface area (Å²) in [6.07, 6.45) is 0. The number of methoxy groups -OCH3 is 2.